The maximum absolute atomic E-state index is 12.7. The van der Waals surface area contributed by atoms with Gasteiger partial charge in [0.2, 0.25) is 5.91 Å². The molecule has 1 saturated heterocycles. The number of nitrogens with zero attached hydrogens (tertiary/aromatic N) is 2. The number of fused-ring (bicyclic) bond motifs is 1. The van der Waals surface area contributed by atoms with Crippen LogP contribution < -0.4 is 5.32 Å². The van der Waals surface area contributed by atoms with E-state index in [9.17, 15) is 24.3 Å². The maximum atomic E-state index is 12.7. The second kappa shape index (κ2) is 8.64. The molecule has 2 rings (SSSR count). The molecule has 12 heteroatoms. The molecular weight excluding hydrogens is 398 g/mol. The summed E-state index contributed by atoms with van der Waals surface area (Å²) in [6, 6.07) is 1.89. The zero-order valence-corrected chi connectivity index (χ0v) is 16.1. The lowest BCUT2D eigenvalue weighted by atomic mass is 9.98. The second-order valence-electron chi connectivity index (χ2n) is 5.51. The average Bonchev–Trinajstić information content (AvgIpc) is 2.63. The normalized spacial score (nSPS) is 23.8. The van der Waals surface area contributed by atoms with Gasteiger partial charge in [-0.3, -0.25) is 19.3 Å². The molecule has 0 radical (unpaired) electrons. The zero-order chi connectivity index (χ0) is 20.2. The number of β-lactam (4-membered cyclic amide) rings is 1. The fourth-order valence-corrected chi connectivity index (χ4v) is 4.55. The number of aliphatic carboxylic acids is 1. The van der Waals surface area contributed by atoms with Gasteiger partial charge in [0.15, 0.2) is 0 Å². The molecule has 27 heavy (non-hydrogen) atoms. The molecule has 146 valence electrons. The van der Waals surface area contributed by atoms with Crippen LogP contribution in [0.4, 0.5) is 0 Å². The van der Waals surface area contributed by atoms with Gasteiger partial charge in [0.25, 0.3) is 11.6 Å². The molecule has 0 aliphatic carbocycles. The molecule has 2 heterocycles. The molecule has 0 unspecified atom stereocenters. The Labute approximate surface area is 163 Å². The van der Waals surface area contributed by atoms with Gasteiger partial charge in [0.1, 0.15) is 17.7 Å². The van der Waals surface area contributed by atoms with Crippen molar-refractivity contribution in [2.45, 2.75) is 18.0 Å². The number of hydrogen-bond acceptors (Lipinski definition) is 9. The van der Waals surface area contributed by atoms with Gasteiger partial charge in [-0.15, -0.1) is 23.5 Å². The van der Waals surface area contributed by atoms with Crippen molar-refractivity contribution in [1.82, 2.24) is 10.2 Å². The van der Waals surface area contributed by atoms with E-state index < -0.39 is 34.9 Å². The van der Waals surface area contributed by atoms with Crippen molar-refractivity contribution in [3.05, 3.63) is 11.3 Å². The molecule has 2 aliphatic rings. The predicted molar refractivity (Wildman–Crippen MR) is 95.2 cm³/mol. The fourth-order valence-electron chi connectivity index (χ4n) is 2.68. The Balaban J connectivity index is 2.21. The Morgan fingerprint density at radius 2 is 2.22 bits per heavy atom. The highest BCUT2D eigenvalue weighted by Gasteiger charge is 2.66. The van der Waals surface area contributed by atoms with Gasteiger partial charge in [-0.1, -0.05) is 0 Å². The number of carboxylic acid groups (broad SMARTS) is 1. The van der Waals surface area contributed by atoms with Crippen LogP contribution in [0.5, 0.6) is 0 Å². The number of ether oxygens (including phenoxy) is 2. The van der Waals surface area contributed by atoms with Gasteiger partial charge in [0, 0.05) is 25.4 Å². The first kappa shape index (κ1) is 21.1. The van der Waals surface area contributed by atoms with E-state index in [0.29, 0.717) is 0 Å². The third kappa shape index (κ3) is 4.05. The Kier molecular flexibility index (Phi) is 6.74. The third-order valence-electron chi connectivity index (χ3n) is 3.81. The van der Waals surface area contributed by atoms with Crippen molar-refractivity contribution in [1.29, 1.82) is 5.26 Å². The standard InChI is InChI=1S/C15H17N3O7S2/c1-8(19)25-5-9-6-27-14-15(24-2,17-10(20)7-26-4-3-16)13(23)18(14)11(9)12(21)22/h14H,4-7H2,1-2H3,(H,17,20)(H,21,22)/t14-,15+/m1/s1. The molecular formula is C15H17N3O7S2. The topological polar surface area (TPSA) is 146 Å². The van der Waals surface area contributed by atoms with E-state index in [1.54, 1.807) is 0 Å². The lowest BCUT2D eigenvalue weighted by Gasteiger charge is -2.55. The van der Waals surface area contributed by atoms with Crippen LogP contribution >= 0.6 is 23.5 Å². The second-order valence-corrected chi connectivity index (χ2v) is 7.57. The molecule has 0 spiro atoms. The summed E-state index contributed by atoms with van der Waals surface area (Å²) in [7, 11) is 1.25. The SMILES string of the molecule is CO[C@@]1(NC(=O)CSCC#N)C(=O)N2C(C(=O)O)=C(COC(C)=O)CS[C@@H]21. The van der Waals surface area contributed by atoms with Crippen molar-refractivity contribution < 1.29 is 33.8 Å². The largest absolute Gasteiger partial charge is 0.477 e. The molecule has 2 aliphatic heterocycles. The van der Waals surface area contributed by atoms with Gasteiger partial charge in [0.05, 0.1) is 17.6 Å². The molecule has 10 nitrogen and oxygen atoms in total. The summed E-state index contributed by atoms with van der Waals surface area (Å²) in [5.41, 5.74) is -1.67. The highest BCUT2D eigenvalue weighted by Crippen LogP contribution is 2.46. The van der Waals surface area contributed by atoms with E-state index >= 15 is 0 Å². The first-order valence-corrected chi connectivity index (χ1v) is 9.83. The minimum absolute atomic E-state index is 0.0390. The smallest absolute Gasteiger partial charge is 0.352 e. The van der Waals surface area contributed by atoms with Crippen LogP contribution in [0.3, 0.4) is 0 Å². The first-order valence-electron chi connectivity index (χ1n) is 7.63. The number of carbonyl (C=O) groups excluding carboxylic acids is 3. The predicted octanol–water partition coefficient (Wildman–Crippen LogP) is -0.481. The first-order chi connectivity index (χ1) is 12.8. The van der Waals surface area contributed by atoms with Crippen molar-refractivity contribution >= 4 is 47.3 Å². The number of carboxylic acids is 1. The third-order valence-corrected chi connectivity index (χ3v) is 5.98. The van der Waals surface area contributed by atoms with Crippen LogP contribution in [0.25, 0.3) is 0 Å². The van der Waals surface area contributed by atoms with Crippen molar-refractivity contribution in [2.24, 2.45) is 0 Å². The number of methoxy groups -OCH3 is 1. The molecule has 2 atom stereocenters. The van der Waals surface area contributed by atoms with Crippen LogP contribution in [0.2, 0.25) is 0 Å². The number of nitrogens with one attached hydrogen (secondary N) is 1. The van der Waals surface area contributed by atoms with Crippen molar-refractivity contribution in [3.63, 3.8) is 0 Å². The minimum Gasteiger partial charge on any atom is -0.477 e. The van der Waals surface area contributed by atoms with Gasteiger partial charge >= 0.3 is 11.9 Å². The number of hydrogen-bond donors (Lipinski definition) is 2. The summed E-state index contributed by atoms with van der Waals surface area (Å²) in [5, 5.41) is 19.8. The van der Waals surface area contributed by atoms with E-state index in [0.717, 1.165) is 16.7 Å². The number of nitriles is 1. The summed E-state index contributed by atoms with van der Waals surface area (Å²) in [6.45, 7) is 0.960. The molecule has 0 bridgehead atoms. The monoisotopic (exact) mass is 415 g/mol. The molecule has 1 fully saturated rings. The van der Waals surface area contributed by atoms with Gasteiger partial charge < -0.3 is 19.9 Å². The lowest BCUT2D eigenvalue weighted by Crippen LogP contribution is -2.80. The average molecular weight is 415 g/mol. The summed E-state index contributed by atoms with van der Waals surface area (Å²) in [6.07, 6.45) is 0. The highest BCUT2D eigenvalue weighted by molar-refractivity contribution is 8.00. The summed E-state index contributed by atoms with van der Waals surface area (Å²) in [5.74, 6) is -2.86. The number of amides is 2. The van der Waals surface area contributed by atoms with Gasteiger partial charge in [-0.05, 0) is 0 Å². The number of thioether (sulfide) groups is 2. The molecule has 0 aromatic heterocycles. The number of rotatable bonds is 8. The number of carbonyl (C=O) groups is 4. The van der Waals surface area contributed by atoms with Gasteiger partial charge in [-0.2, -0.15) is 5.26 Å². The quantitative estimate of drug-likeness (QED) is 0.231. The number of esters is 1. The molecule has 2 amide bonds. The van der Waals surface area contributed by atoms with Crippen LogP contribution in [-0.4, -0.2) is 75.8 Å². The maximum Gasteiger partial charge on any atom is 0.352 e. The Morgan fingerprint density at radius 3 is 2.78 bits per heavy atom. The Bertz CT molecular complexity index is 748. The van der Waals surface area contributed by atoms with Crippen LogP contribution in [-0.2, 0) is 28.7 Å². The van der Waals surface area contributed by atoms with E-state index in [-0.39, 0.29) is 35.1 Å². The fraction of sp³-hybridized carbons (Fsp3) is 0.533. The Hall–Kier alpha value is -2.23. The van der Waals surface area contributed by atoms with E-state index in [4.69, 9.17) is 14.7 Å². The molecule has 0 saturated carbocycles. The molecule has 0 aromatic rings. The molecule has 0 aromatic carbocycles. The highest BCUT2D eigenvalue weighted by atomic mass is 32.2. The molecule has 2 N–H and O–H groups in total. The van der Waals surface area contributed by atoms with Crippen LogP contribution in [0, 0.1) is 11.3 Å². The summed E-state index contributed by atoms with van der Waals surface area (Å²) in [4.78, 5) is 48.5. The van der Waals surface area contributed by atoms with E-state index in [1.807, 2.05) is 6.07 Å². The summed E-state index contributed by atoms with van der Waals surface area (Å²) < 4.78 is 10.1. The van der Waals surface area contributed by atoms with E-state index in [1.165, 1.54) is 25.8 Å². The summed E-state index contributed by atoms with van der Waals surface area (Å²) >= 11 is 2.27. The lowest BCUT2D eigenvalue weighted by molar-refractivity contribution is -0.192. The minimum atomic E-state index is -1.68. The van der Waals surface area contributed by atoms with E-state index in [2.05, 4.69) is 5.32 Å². The van der Waals surface area contributed by atoms with Crippen molar-refractivity contribution in [3.8, 4) is 6.07 Å². The zero-order valence-electron chi connectivity index (χ0n) is 14.5. The van der Waals surface area contributed by atoms with Gasteiger partial charge in [-0.25, -0.2) is 4.79 Å². The van der Waals surface area contributed by atoms with Crippen LogP contribution in [0.15, 0.2) is 11.3 Å². The van der Waals surface area contributed by atoms with Crippen molar-refractivity contribution in [2.75, 3.05) is 31.0 Å². The Morgan fingerprint density at radius 1 is 1.52 bits per heavy atom. The van der Waals surface area contributed by atoms with Crippen LogP contribution in [0.1, 0.15) is 6.92 Å².